The molecule has 1 aromatic heterocycles. The second kappa shape index (κ2) is 5.85. The summed E-state index contributed by atoms with van der Waals surface area (Å²) >= 11 is 11.6. The Hall–Kier alpha value is -0.880. The Morgan fingerprint density at radius 3 is 2.90 bits per heavy atom. The molecule has 0 radical (unpaired) electrons. The van der Waals surface area contributed by atoms with E-state index in [2.05, 4.69) is 21.4 Å². The molecule has 1 unspecified atom stereocenters. The van der Waals surface area contributed by atoms with Crippen molar-refractivity contribution in [2.75, 3.05) is 32.8 Å². The number of rotatable bonds is 3. The SMILES string of the molecule is CC(CN1CCOCC1)n1c(=S)[nH]c2ccc(Cl)cc21. The number of H-pyrrole nitrogens is 1. The van der Waals surface area contributed by atoms with Crippen LogP contribution in [-0.2, 0) is 4.74 Å². The molecule has 0 saturated carbocycles. The van der Waals surface area contributed by atoms with Crippen LogP contribution >= 0.6 is 23.8 Å². The highest BCUT2D eigenvalue weighted by molar-refractivity contribution is 7.71. The van der Waals surface area contributed by atoms with E-state index in [1.54, 1.807) is 0 Å². The van der Waals surface area contributed by atoms with Crippen molar-refractivity contribution in [1.29, 1.82) is 0 Å². The first-order valence-electron chi connectivity index (χ1n) is 6.85. The first kappa shape index (κ1) is 14.1. The van der Waals surface area contributed by atoms with Crippen molar-refractivity contribution < 1.29 is 4.74 Å². The Labute approximate surface area is 128 Å². The first-order chi connectivity index (χ1) is 9.65. The van der Waals surface area contributed by atoms with Crippen molar-refractivity contribution in [3.63, 3.8) is 0 Å². The minimum absolute atomic E-state index is 0.299. The summed E-state index contributed by atoms with van der Waals surface area (Å²) in [4.78, 5) is 5.66. The molecule has 0 spiro atoms. The summed E-state index contributed by atoms with van der Waals surface area (Å²) in [6.45, 7) is 6.77. The van der Waals surface area contributed by atoms with Crippen LogP contribution in [0, 0.1) is 4.77 Å². The van der Waals surface area contributed by atoms with Crippen molar-refractivity contribution in [3.8, 4) is 0 Å². The highest BCUT2D eigenvalue weighted by Crippen LogP contribution is 2.23. The molecule has 3 rings (SSSR count). The molecule has 0 aliphatic carbocycles. The van der Waals surface area contributed by atoms with E-state index < -0.39 is 0 Å². The summed E-state index contributed by atoms with van der Waals surface area (Å²) in [6.07, 6.45) is 0. The third kappa shape index (κ3) is 2.76. The number of ether oxygens (including phenoxy) is 1. The maximum atomic E-state index is 6.11. The lowest BCUT2D eigenvalue weighted by molar-refractivity contribution is 0.0327. The molecule has 1 aliphatic heterocycles. The summed E-state index contributed by atoms with van der Waals surface area (Å²) in [6, 6.07) is 6.13. The predicted molar refractivity (Wildman–Crippen MR) is 84.1 cm³/mol. The zero-order valence-corrected chi connectivity index (χ0v) is 13.0. The van der Waals surface area contributed by atoms with Gasteiger partial charge in [-0.25, -0.2) is 0 Å². The molecule has 2 aromatic rings. The molecule has 1 N–H and O–H groups in total. The fourth-order valence-corrected chi connectivity index (χ4v) is 3.33. The number of morpholine rings is 1. The highest BCUT2D eigenvalue weighted by atomic mass is 35.5. The third-order valence-corrected chi connectivity index (χ3v) is 4.28. The van der Waals surface area contributed by atoms with Crippen molar-refractivity contribution in [1.82, 2.24) is 14.5 Å². The van der Waals surface area contributed by atoms with Crippen LogP contribution in [0.4, 0.5) is 0 Å². The topological polar surface area (TPSA) is 33.2 Å². The number of benzene rings is 1. The minimum Gasteiger partial charge on any atom is -0.379 e. The van der Waals surface area contributed by atoms with Crippen molar-refractivity contribution in [3.05, 3.63) is 28.0 Å². The van der Waals surface area contributed by atoms with Gasteiger partial charge in [0.15, 0.2) is 4.77 Å². The lowest BCUT2D eigenvalue weighted by Gasteiger charge is -2.29. The van der Waals surface area contributed by atoms with Gasteiger partial charge in [-0.3, -0.25) is 4.90 Å². The molecular formula is C14H18ClN3OS. The Morgan fingerprint density at radius 2 is 2.15 bits per heavy atom. The first-order valence-corrected chi connectivity index (χ1v) is 7.63. The van der Waals surface area contributed by atoms with Crippen molar-refractivity contribution in [2.24, 2.45) is 0 Å². The normalized spacial score (nSPS) is 18.5. The van der Waals surface area contributed by atoms with Gasteiger partial charge in [0.05, 0.1) is 24.2 Å². The molecule has 4 nitrogen and oxygen atoms in total. The molecule has 20 heavy (non-hydrogen) atoms. The van der Waals surface area contributed by atoms with Gasteiger partial charge in [-0.05, 0) is 37.3 Å². The molecule has 1 fully saturated rings. The molecule has 1 aliphatic rings. The van der Waals surface area contributed by atoms with Gasteiger partial charge < -0.3 is 14.3 Å². The van der Waals surface area contributed by atoms with Gasteiger partial charge in [0.2, 0.25) is 0 Å². The second-order valence-corrected chi connectivity index (χ2v) is 6.05. The Bertz CT molecular complexity index is 660. The molecular weight excluding hydrogens is 294 g/mol. The van der Waals surface area contributed by atoms with Gasteiger partial charge in [-0.1, -0.05) is 11.6 Å². The molecule has 0 bridgehead atoms. The van der Waals surface area contributed by atoms with E-state index in [0.717, 1.165) is 53.7 Å². The van der Waals surface area contributed by atoms with Gasteiger partial charge in [-0.2, -0.15) is 0 Å². The summed E-state index contributed by atoms with van der Waals surface area (Å²) in [5.41, 5.74) is 2.11. The van der Waals surface area contributed by atoms with Gasteiger partial charge in [0, 0.05) is 30.7 Å². The predicted octanol–water partition coefficient (Wildman–Crippen LogP) is 3.25. The number of hydrogen-bond acceptors (Lipinski definition) is 3. The van der Waals surface area contributed by atoms with Crippen molar-refractivity contribution in [2.45, 2.75) is 13.0 Å². The molecule has 1 atom stereocenters. The largest absolute Gasteiger partial charge is 0.379 e. The van der Waals surface area contributed by atoms with Crippen LogP contribution in [-0.4, -0.2) is 47.3 Å². The number of fused-ring (bicyclic) bond motifs is 1. The van der Waals surface area contributed by atoms with Gasteiger partial charge in [0.1, 0.15) is 0 Å². The number of nitrogens with one attached hydrogen (secondary N) is 1. The maximum absolute atomic E-state index is 6.11. The van der Waals surface area contributed by atoms with Crippen LogP contribution < -0.4 is 0 Å². The molecule has 6 heteroatoms. The summed E-state index contributed by atoms with van der Waals surface area (Å²) in [7, 11) is 0. The summed E-state index contributed by atoms with van der Waals surface area (Å²) in [5, 5.41) is 0.735. The standard InChI is InChI=1S/C14H18ClN3OS/c1-10(9-17-4-6-19-7-5-17)18-13-8-11(15)2-3-12(13)16-14(18)20/h2-3,8,10H,4-7,9H2,1H3,(H,16,20). The molecule has 108 valence electrons. The van der Waals surface area contributed by atoms with E-state index in [0.29, 0.717) is 6.04 Å². The van der Waals surface area contributed by atoms with Gasteiger partial charge in [0.25, 0.3) is 0 Å². The zero-order valence-electron chi connectivity index (χ0n) is 11.4. The van der Waals surface area contributed by atoms with Gasteiger partial charge in [-0.15, -0.1) is 0 Å². The average molecular weight is 312 g/mol. The molecule has 1 saturated heterocycles. The molecule has 1 aromatic carbocycles. The van der Waals surface area contributed by atoms with E-state index in [9.17, 15) is 0 Å². The molecule has 0 amide bonds. The lowest BCUT2D eigenvalue weighted by atomic mass is 10.2. The van der Waals surface area contributed by atoms with Crippen LogP contribution in [0.3, 0.4) is 0 Å². The Morgan fingerprint density at radius 1 is 1.40 bits per heavy atom. The van der Waals surface area contributed by atoms with E-state index in [4.69, 9.17) is 28.6 Å². The number of aromatic nitrogens is 2. The summed E-state index contributed by atoms with van der Waals surface area (Å²) < 4.78 is 8.30. The lowest BCUT2D eigenvalue weighted by Crippen LogP contribution is -2.39. The number of hydrogen-bond donors (Lipinski definition) is 1. The van der Waals surface area contributed by atoms with Crippen LogP contribution in [0.5, 0.6) is 0 Å². The monoisotopic (exact) mass is 311 g/mol. The minimum atomic E-state index is 0.299. The number of aromatic amines is 1. The molecule has 2 heterocycles. The second-order valence-electron chi connectivity index (χ2n) is 5.22. The van der Waals surface area contributed by atoms with Gasteiger partial charge >= 0.3 is 0 Å². The van der Waals surface area contributed by atoms with E-state index in [1.807, 2.05) is 18.2 Å². The number of imidazole rings is 1. The Balaban J connectivity index is 1.90. The fourth-order valence-electron chi connectivity index (χ4n) is 2.77. The number of halogens is 1. The zero-order chi connectivity index (χ0) is 14.1. The smallest absolute Gasteiger partial charge is 0.178 e. The van der Waals surface area contributed by atoms with E-state index >= 15 is 0 Å². The van der Waals surface area contributed by atoms with Crippen LogP contribution in [0.15, 0.2) is 18.2 Å². The number of nitrogens with zero attached hydrogens (tertiary/aromatic N) is 2. The van der Waals surface area contributed by atoms with E-state index in [-0.39, 0.29) is 0 Å². The van der Waals surface area contributed by atoms with Crippen LogP contribution in [0.1, 0.15) is 13.0 Å². The fraction of sp³-hybridized carbons (Fsp3) is 0.500. The highest BCUT2D eigenvalue weighted by Gasteiger charge is 2.17. The Kier molecular flexibility index (Phi) is 4.12. The van der Waals surface area contributed by atoms with Crippen LogP contribution in [0.2, 0.25) is 5.02 Å². The maximum Gasteiger partial charge on any atom is 0.178 e. The van der Waals surface area contributed by atoms with Crippen molar-refractivity contribution >= 4 is 34.9 Å². The van der Waals surface area contributed by atoms with E-state index in [1.165, 1.54) is 0 Å². The third-order valence-electron chi connectivity index (χ3n) is 3.75. The average Bonchev–Trinajstić information content (AvgIpc) is 2.75. The quantitative estimate of drug-likeness (QED) is 0.883. The van der Waals surface area contributed by atoms with Crippen LogP contribution in [0.25, 0.3) is 11.0 Å². The summed E-state index contributed by atoms with van der Waals surface area (Å²) in [5.74, 6) is 0.